The Hall–Kier alpha value is -0.890. The minimum absolute atomic E-state index is 0.712. The van der Waals surface area contributed by atoms with E-state index in [1.54, 1.807) is 0 Å². The van der Waals surface area contributed by atoms with E-state index in [-0.39, 0.29) is 0 Å². The zero-order chi connectivity index (χ0) is 11.6. The molecule has 2 atom stereocenters. The van der Waals surface area contributed by atoms with Crippen LogP contribution in [0.2, 0.25) is 0 Å². The zero-order valence-electron chi connectivity index (χ0n) is 10.8. The maximum absolute atomic E-state index is 2.40. The van der Waals surface area contributed by atoms with Crippen LogP contribution in [0.4, 0.5) is 0 Å². The molecule has 2 heteroatoms. The fourth-order valence-corrected chi connectivity index (χ4v) is 2.95. The normalized spacial score (nSPS) is 29.6. The Balaban J connectivity index is 2.29. The zero-order valence-corrected chi connectivity index (χ0v) is 10.8. The molecule has 0 bridgehead atoms. The first-order valence-corrected chi connectivity index (χ1v) is 6.53. The first-order chi connectivity index (χ1) is 7.69. The van der Waals surface area contributed by atoms with Gasteiger partial charge in [-0.05, 0) is 19.9 Å². The van der Waals surface area contributed by atoms with Gasteiger partial charge in [0.05, 0.1) is 25.7 Å². The molecular weight excluding hydrogens is 196 g/mol. The summed E-state index contributed by atoms with van der Waals surface area (Å²) in [4.78, 5) is 0. The second-order valence-corrected chi connectivity index (χ2v) is 5.15. The van der Waals surface area contributed by atoms with Crippen LogP contribution >= 0.6 is 0 Å². The topological polar surface area (TPSA) is 3.88 Å². The predicted octanol–water partition coefficient (Wildman–Crippen LogP) is 2.30. The lowest BCUT2D eigenvalue weighted by Gasteiger charge is -2.34. The molecule has 0 N–H and O–H groups in total. The number of pyridine rings is 1. The number of hydrogen-bond acceptors (Lipinski definition) is 0. The van der Waals surface area contributed by atoms with Crippen LogP contribution in [0.5, 0.6) is 0 Å². The summed E-state index contributed by atoms with van der Waals surface area (Å²) in [6, 6.07) is 5.20. The second-order valence-electron chi connectivity index (χ2n) is 5.15. The number of hydrogen-bond donors (Lipinski definition) is 0. The summed E-state index contributed by atoms with van der Waals surface area (Å²) >= 11 is 0. The van der Waals surface area contributed by atoms with Crippen molar-refractivity contribution in [1.29, 1.82) is 0 Å². The molecule has 1 aliphatic rings. The van der Waals surface area contributed by atoms with E-state index in [2.05, 4.69) is 50.0 Å². The number of aromatic nitrogens is 1. The molecule has 1 fully saturated rings. The average Bonchev–Trinajstić information content (AvgIpc) is 2.72. The van der Waals surface area contributed by atoms with Crippen molar-refractivity contribution in [2.24, 2.45) is 0 Å². The van der Waals surface area contributed by atoms with E-state index in [0.29, 0.717) is 6.04 Å². The summed E-state index contributed by atoms with van der Waals surface area (Å²) in [6.45, 7) is 8.16. The number of quaternary nitrogens is 1. The minimum Gasteiger partial charge on any atom is -0.320 e. The fraction of sp³-hybridized carbons (Fsp3) is 0.643. The highest BCUT2D eigenvalue weighted by Gasteiger charge is 2.38. The molecule has 16 heavy (non-hydrogen) atoms. The van der Waals surface area contributed by atoms with Crippen molar-refractivity contribution >= 4 is 0 Å². The molecule has 0 aromatic carbocycles. The molecule has 1 unspecified atom stereocenters. The molecule has 0 spiro atoms. The molecular formula is C14H24N2+2. The van der Waals surface area contributed by atoms with E-state index in [9.17, 15) is 0 Å². The summed E-state index contributed by atoms with van der Waals surface area (Å²) in [5, 5.41) is 0. The van der Waals surface area contributed by atoms with Gasteiger partial charge < -0.3 is 4.48 Å². The van der Waals surface area contributed by atoms with Crippen molar-refractivity contribution in [3.05, 3.63) is 30.1 Å². The number of likely N-dealkylation sites (tertiary alicyclic amines) is 1. The van der Waals surface area contributed by atoms with Crippen molar-refractivity contribution in [2.45, 2.75) is 39.3 Å². The molecule has 2 heterocycles. The van der Waals surface area contributed by atoms with Gasteiger partial charge in [0.1, 0.15) is 12.6 Å². The van der Waals surface area contributed by atoms with E-state index in [1.165, 1.54) is 36.0 Å². The van der Waals surface area contributed by atoms with Gasteiger partial charge in [-0.15, -0.1) is 0 Å². The summed E-state index contributed by atoms with van der Waals surface area (Å²) in [5.74, 6) is 0. The van der Waals surface area contributed by atoms with Crippen LogP contribution in [0.1, 0.15) is 38.3 Å². The van der Waals surface area contributed by atoms with Crippen LogP contribution in [0.15, 0.2) is 24.5 Å². The van der Waals surface area contributed by atoms with Gasteiger partial charge in [0.25, 0.3) is 0 Å². The van der Waals surface area contributed by atoms with E-state index in [0.717, 1.165) is 6.54 Å². The van der Waals surface area contributed by atoms with E-state index in [1.807, 2.05) is 0 Å². The third-order valence-electron chi connectivity index (χ3n) is 4.25. The smallest absolute Gasteiger partial charge is 0.177 e. The van der Waals surface area contributed by atoms with Crippen LogP contribution in [0.3, 0.4) is 0 Å². The van der Waals surface area contributed by atoms with Gasteiger partial charge in [-0.2, -0.15) is 0 Å². The van der Waals surface area contributed by atoms with E-state index in [4.69, 9.17) is 0 Å². The van der Waals surface area contributed by atoms with Crippen molar-refractivity contribution in [3.8, 4) is 0 Å². The Labute approximate surface area is 99.1 Å². The van der Waals surface area contributed by atoms with Gasteiger partial charge in [-0.25, -0.2) is 4.57 Å². The van der Waals surface area contributed by atoms with Crippen LogP contribution in [0, 0.1) is 0 Å². The third-order valence-corrected chi connectivity index (χ3v) is 4.25. The first-order valence-electron chi connectivity index (χ1n) is 6.53. The fourth-order valence-electron chi connectivity index (χ4n) is 2.95. The number of nitrogens with zero attached hydrogens (tertiary/aromatic N) is 2. The Bertz CT molecular complexity index is 362. The van der Waals surface area contributed by atoms with Crippen LogP contribution in [-0.2, 0) is 6.54 Å². The molecule has 88 valence electrons. The predicted molar refractivity (Wildman–Crippen MR) is 65.9 cm³/mol. The Morgan fingerprint density at radius 1 is 1.44 bits per heavy atom. The van der Waals surface area contributed by atoms with Crippen LogP contribution < -0.4 is 4.57 Å². The molecule has 0 radical (unpaired) electrons. The monoisotopic (exact) mass is 220 g/mol. The third kappa shape index (κ3) is 1.99. The second kappa shape index (κ2) is 4.54. The highest BCUT2D eigenvalue weighted by molar-refractivity contribution is 5.10. The molecule has 0 aliphatic carbocycles. The average molecular weight is 220 g/mol. The van der Waals surface area contributed by atoms with Gasteiger partial charge in [0.2, 0.25) is 0 Å². The summed E-state index contributed by atoms with van der Waals surface area (Å²) < 4.78 is 3.50. The Morgan fingerprint density at radius 2 is 2.25 bits per heavy atom. The Morgan fingerprint density at radius 3 is 2.94 bits per heavy atom. The Kier molecular flexibility index (Phi) is 3.29. The molecule has 1 aromatic rings. The van der Waals surface area contributed by atoms with Crippen molar-refractivity contribution < 1.29 is 9.05 Å². The number of aryl methyl sites for hydroxylation is 1. The van der Waals surface area contributed by atoms with Crippen molar-refractivity contribution in [3.63, 3.8) is 0 Å². The maximum Gasteiger partial charge on any atom is 0.177 e. The first kappa shape index (κ1) is 11.6. The lowest BCUT2D eigenvalue weighted by molar-refractivity contribution is -0.925. The summed E-state index contributed by atoms with van der Waals surface area (Å²) in [7, 11) is 2.40. The summed E-state index contributed by atoms with van der Waals surface area (Å²) in [5.41, 5.74) is 1.52. The molecule has 1 aromatic heterocycles. The quantitative estimate of drug-likeness (QED) is 0.543. The molecule has 2 rings (SSSR count). The minimum atomic E-state index is 0.712. The highest BCUT2D eigenvalue weighted by Crippen LogP contribution is 2.36. The van der Waals surface area contributed by atoms with Gasteiger partial charge in [0.15, 0.2) is 12.4 Å². The number of rotatable bonds is 3. The van der Waals surface area contributed by atoms with Gasteiger partial charge in [0, 0.05) is 18.9 Å². The molecule has 0 saturated carbocycles. The lowest BCUT2D eigenvalue weighted by atomic mass is 10.1. The van der Waals surface area contributed by atoms with E-state index < -0.39 is 0 Å². The van der Waals surface area contributed by atoms with Gasteiger partial charge >= 0.3 is 0 Å². The van der Waals surface area contributed by atoms with Gasteiger partial charge in [-0.1, -0.05) is 0 Å². The summed E-state index contributed by atoms with van der Waals surface area (Å²) in [6.07, 6.45) is 7.21. The SMILES string of the molecule is CC[n+]1cccc([C@@H]2CCC[N+]2(C)CC)c1. The van der Waals surface area contributed by atoms with Crippen LogP contribution in [0.25, 0.3) is 0 Å². The van der Waals surface area contributed by atoms with Gasteiger partial charge in [-0.3, -0.25) is 0 Å². The standard InChI is InChI=1S/C14H24N2/c1-4-15-10-6-8-13(12-15)14-9-7-11-16(14,3)5-2/h6,8,10,12,14H,4-5,7,9,11H2,1-3H3/q+2/t14-,16?/m0/s1. The van der Waals surface area contributed by atoms with E-state index >= 15 is 0 Å². The van der Waals surface area contributed by atoms with Crippen molar-refractivity contribution in [1.82, 2.24) is 0 Å². The molecule has 1 saturated heterocycles. The highest BCUT2D eigenvalue weighted by atomic mass is 15.4. The molecule has 0 amide bonds. The lowest BCUT2D eigenvalue weighted by Crippen LogP contribution is -2.43. The van der Waals surface area contributed by atoms with Crippen LogP contribution in [-0.4, -0.2) is 24.6 Å². The molecule has 2 nitrogen and oxygen atoms in total. The largest absolute Gasteiger partial charge is 0.320 e. The van der Waals surface area contributed by atoms with Crippen molar-refractivity contribution in [2.75, 3.05) is 20.1 Å². The maximum atomic E-state index is 2.40. The molecule has 1 aliphatic heterocycles.